The summed E-state index contributed by atoms with van der Waals surface area (Å²) < 4.78 is 12.4. The maximum absolute atomic E-state index is 12.5. The van der Waals surface area contributed by atoms with E-state index in [0.717, 1.165) is 11.3 Å². The summed E-state index contributed by atoms with van der Waals surface area (Å²) in [7, 11) is 0.369. The molecular weight excluding hydrogens is 318 g/mol. The van der Waals surface area contributed by atoms with Crippen molar-refractivity contribution in [3.05, 3.63) is 65.2 Å². The van der Waals surface area contributed by atoms with Gasteiger partial charge in [-0.25, -0.2) is 0 Å². The lowest BCUT2D eigenvalue weighted by atomic mass is 10.2. The van der Waals surface area contributed by atoms with Gasteiger partial charge in [-0.1, -0.05) is 48.0 Å². The highest BCUT2D eigenvalue weighted by atomic mass is 35.5. The Morgan fingerprint density at radius 2 is 1.73 bits per heavy atom. The Morgan fingerprint density at radius 3 is 2.36 bits per heavy atom. The van der Waals surface area contributed by atoms with Gasteiger partial charge in [-0.3, -0.25) is 9.00 Å². The maximum Gasteiger partial charge on any atom is 0.242 e. The van der Waals surface area contributed by atoms with Crippen molar-refractivity contribution in [2.45, 2.75) is 17.9 Å². The molecule has 0 aliphatic carbocycles. The third kappa shape index (κ3) is 3.96. The van der Waals surface area contributed by atoms with Gasteiger partial charge in [0.2, 0.25) is 5.91 Å². The zero-order chi connectivity index (χ0) is 16.1. The molecule has 0 saturated heterocycles. The lowest BCUT2D eigenvalue weighted by Gasteiger charge is -2.21. The van der Waals surface area contributed by atoms with E-state index in [1.165, 1.54) is 4.90 Å². The molecule has 0 heterocycles. The Bertz CT molecular complexity index is 675. The van der Waals surface area contributed by atoms with Gasteiger partial charge in [0.25, 0.3) is 0 Å². The van der Waals surface area contributed by atoms with Crippen LogP contribution in [0.15, 0.2) is 54.6 Å². The quantitative estimate of drug-likeness (QED) is 0.836. The number of para-hydroxylation sites is 1. The highest BCUT2D eigenvalue weighted by Gasteiger charge is 2.24. The van der Waals surface area contributed by atoms with E-state index in [1.54, 1.807) is 20.0 Å². The average molecular weight is 336 g/mol. The van der Waals surface area contributed by atoms with Gasteiger partial charge in [0.15, 0.2) is 0 Å². The van der Waals surface area contributed by atoms with Crippen molar-refractivity contribution in [2.24, 2.45) is 0 Å². The predicted molar refractivity (Wildman–Crippen MR) is 92.6 cm³/mol. The molecule has 1 amide bonds. The molecule has 2 atom stereocenters. The number of halogens is 1. The molecule has 0 spiro atoms. The normalized spacial score (nSPS) is 13.4. The van der Waals surface area contributed by atoms with Gasteiger partial charge in [0.1, 0.15) is 5.25 Å². The van der Waals surface area contributed by atoms with Crippen molar-refractivity contribution in [3.8, 4) is 0 Å². The Labute approximate surface area is 138 Å². The van der Waals surface area contributed by atoms with Crippen LogP contribution < -0.4 is 4.90 Å². The topological polar surface area (TPSA) is 37.4 Å². The average Bonchev–Trinajstić information content (AvgIpc) is 2.55. The number of amides is 1. The molecule has 3 nitrogen and oxygen atoms in total. The Kier molecular flexibility index (Phi) is 5.75. The predicted octanol–water partition coefficient (Wildman–Crippen LogP) is 3.64. The molecule has 0 N–H and O–H groups in total. The minimum absolute atomic E-state index is 0.170. The molecular formula is C17H18ClNO2S. The standard InChI is InChI=1S/C17H18ClNO2S/c1-13(17(20)19(2)15-9-4-3-5-10-15)22(21)12-14-8-6-7-11-16(14)18/h3-11,13H,12H2,1-2H3/t13-,22-/m1/s1. The first-order valence-corrected chi connectivity index (χ1v) is 8.70. The lowest BCUT2D eigenvalue weighted by Crippen LogP contribution is -2.37. The minimum Gasteiger partial charge on any atom is -0.314 e. The number of benzene rings is 2. The fourth-order valence-electron chi connectivity index (χ4n) is 2.06. The van der Waals surface area contributed by atoms with Crippen LogP contribution in [0.25, 0.3) is 0 Å². The van der Waals surface area contributed by atoms with Crippen molar-refractivity contribution in [3.63, 3.8) is 0 Å². The third-order valence-electron chi connectivity index (χ3n) is 3.47. The summed E-state index contributed by atoms with van der Waals surface area (Å²) in [6.07, 6.45) is 0. The van der Waals surface area contributed by atoms with Gasteiger partial charge in [-0.15, -0.1) is 0 Å². The number of carbonyl (C=O) groups is 1. The highest BCUT2D eigenvalue weighted by Crippen LogP contribution is 2.19. The summed E-state index contributed by atoms with van der Waals surface area (Å²) in [6, 6.07) is 16.6. The Morgan fingerprint density at radius 1 is 1.14 bits per heavy atom. The molecule has 0 aliphatic heterocycles. The van der Waals surface area contributed by atoms with Crippen LogP contribution in [0.3, 0.4) is 0 Å². The first kappa shape index (κ1) is 16.7. The van der Waals surface area contributed by atoms with Crippen molar-refractivity contribution in [1.29, 1.82) is 0 Å². The summed E-state index contributed by atoms with van der Waals surface area (Å²) >= 11 is 6.08. The van der Waals surface area contributed by atoms with Crippen LogP contribution in [-0.2, 0) is 21.3 Å². The summed E-state index contributed by atoms with van der Waals surface area (Å²) in [4.78, 5) is 14.0. The van der Waals surface area contributed by atoms with Gasteiger partial charge in [0.05, 0.1) is 5.75 Å². The van der Waals surface area contributed by atoms with Crippen molar-refractivity contribution < 1.29 is 9.00 Å². The number of hydrogen-bond acceptors (Lipinski definition) is 2. The largest absolute Gasteiger partial charge is 0.314 e. The monoisotopic (exact) mass is 335 g/mol. The molecule has 0 unspecified atom stereocenters. The zero-order valence-electron chi connectivity index (χ0n) is 12.5. The third-order valence-corrected chi connectivity index (χ3v) is 5.43. The summed E-state index contributed by atoms with van der Waals surface area (Å²) in [5.41, 5.74) is 1.58. The Balaban J connectivity index is 2.07. The van der Waals surface area contributed by atoms with Gasteiger partial charge < -0.3 is 4.90 Å². The lowest BCUT2D eigenvalue weighted by molar-refractivity contribution is -0.117. The van der Waals surface area contributed by atoms with E-state index < -0.39 is 16.0 Å². The minimum atomic E-state index is -1.33. The SMILES string of the molecule is C[C@H](C(=O)N(C)c1ccccc1)[S@](=O)Cc1ccccc1Cl. The van der Waals surface area contributed by atoms with E-state index in [-0.39, 0.29) is 11.7 Å². The van der Waals surface area contributed by atoms with Crippen LogP contribution in [0.1, 0.15) is 12.5 Å². The molecule has 0 fully saturated rings. The summed E-state index contributed by atoms with van der Waals surface area (Å²) in [5.74, 6) is 0.103. The molecule has 2 aromatic rings. The molecule has 0 saturated carbocycles. The van der Waals surface area contributed by atoms with Gasteiger partial charge in [0, 0.05) is 28.6 Å². The van der Waals surface area contributed by atoms with E-state index >= 15 is 0 Å². The first-order valence-electron chi connectivity index (χ1n) is 6.94. The van der Waals surface area contributed by atoms with Gasteiger partial charge >= 0.3 is 0 Å². The van der Waals surface area contributed by atoms with Crippen molar-refractivity contribution in [2.75, 3.05) is 11.9 Å². The second kappa shape index (κ2) is 7.56. The molecule has 22 heavy (non-hydrogen) atoms. The summed E-state index contributed by atoms with van der Waals surface area (Å²) in [5, 5.41) is -0.0200. The van der Waals surface area contributed by atoms with Gasteiger partial charge in [-0.2, -0.15) is 0 Å². The molecule has 2 rings (SSSR count). The number of rotatable bonds is 5. The van der Waals surface area contributed by atoms with E-state index in [0.29, 0.717) is 5.02 Å². The van der Waals surface area contributed by atoms with E-state index in [1.807, 2.05) is 48.5 Å². The maximum atomic E-state index is 12.5. The highest BCUT2D eigenvalue weighted by molar-refractivity contribution is 7.85. The van der Waals surface area contributed by atoms with Crippen molar-refractivity contribution in [1.82, 2.24) is 0 Å². The van der Waals surface area contributed by atoms with Crippen LogP contribution in [-0.4, -0.2) is 22.4 Å². The fourth-order valence-corrected chi connectivity index (χ4v) is 3.53. The molecule has 2 aromatic carbocycles. The second-order valence-corrected chi connectivity index (χ2v) is 7.16. The van der Waals surface area contributed by atoms with E-state index in [9.17, 15) is 9.00 Å². The molecule has 0 bridgehead atoms. The van der Waals surface area contributed by atoms with E-state index in [4.69, 9.17) is 11.6 Å². The van der Waals surface area contributed by atoms with Crippen LogP contribution in [0.4, 0.5) is 5.69 Å². The van der Waals surface area contributed by atoms with E-state index in [2.05, 4.69) is 0 Å². The van der Waals surface area contributed by atoms with Gasteiger partial charge in [-0.05, 0) is 30.7 Å². The molecule has 5 heteroatoms. The zero-order valence-corrected chi connectivity index (χ0v) is 14.1. The number of nitrogens with zero attached hydrogens (tertiary/aromatic N) is 1. The van der Waals surface area contributed by atoms with Crippen molar-refractivity contribution >= 4 is 34.0 Å². The van der Waals surface area contributed by atoms with Crippen LogP contribution in [0, 0.1) is 0 Å². The summed E-state index contributed by atoms with van der Waals surface area (Å²) in [6.45, 7) is 1.69. The first-order chi connectivity index (χ1) is 10.5. The Hall–Kier alpha value is -1.65. The fraction of sp³-hybridized carbons (Fsp3) is 0.235. The molecule has 0 aliphatic rings. The molecule has 116 valence electrons. The number of hydrogen-bond donors (Lipinski definition) is 0. The smallest absolute Gasteiger partial charge is 0.242 e. The van der Waals surface area contributed by atoms with Crippen LogP contribution in [0.2, 0.25) is 5.02 Å². The van der Waals surface area contributed by atoms with Crippen LogP contribution >= 0.6 is 11.6 Å². The second-order valence-electron chi connectivity index (χ2n) is 4.99. The molecule has 0 aromatic heterocycles. The number of anilines is 1. The molecule has 0 radical (unpaired) electrons. The number of carbonyl (C=O) groups excluding carboxylic acids is 1. The van der Waals surface area contributed by atoms with Crippen LogP contribution in [0.5, 0.6) is 0 Å².